The molecule has 0 fully saturated rings. The van der Waals surface area contributed by atoms with Crippen molar-refractivity contribution >= 4 is 30.8 Å². The molecular weight excluding hydrogens is 518 g/mol. The third-order valence-corrected chi connectivity index (χ3v) is 10.3. The van der Waals surface area contributed by atoms with Gasteiger partial charge in [-0.1, -0.05) is 39.1 Å². The minimum Gasteiger partial charge on any atom is -0.396 e. The molecule has 1 aromatic carbocycles. The molecule has 40 heavy (non-hydrogen) atoms. The van der Waals surface area contributed by atoms with Crippen LogP contribution in [0.3, 0.4) is 0 Å². The fraction of sp³-hybridized carbons (Fsp3) is 0.625. The van der Waals surface area contributed by atoms with E-state index in [1.54, 1.807) is 0 Å². The van der Waals surface area contributed by atoms with Gasteiger partial charge in [-0.2, -0.15) is 5.10 Å². The summed E-state index contributed by atoms with van der Waals surface area (Å²) in [5.41, 5.74) is 8.34. The predicted octanol–water partition coefficient (Wildman–Crippen LogP) is 5.92. The van der Waals surface area contributed by atoms with Gasteiger partial charge in [0.2, 0.25) is 5.91 Å². The molecule has 220 valence electrons. The zero-order valence-corrected chi connectivity index (χ0v) is 26.5. The van der Waals surface area contributed by atoms with Crippen LogP contribution in [0.15, 0.2) is 18.3 Å². The fourth-order valence-electron chi connectivity index (χ4n) is 6.48. The van der Waals surface area contributed by atoms with Gasteiger partial charge < -0.3 is 19.8 Å². The van der Waals surface area contributed by atoms with E-state index in [9.17, 15) is 15.0 Å². The molecule has 1 aliphatic carbocycles. The maximum atomic E-state index is 13.7. The number of likely N-dealkylation sites (N-methyl/N-ethyl adjacent to an activating group) is 1. The predicted molar refractivity (Wildman–Crippen MR) is 165 cm³/mol. The summed E-state index contributed by atoms with van der Waals surface area (Å²) in [6.07, 6.45) is 7.78. The standard InChI is InChI=1S/C32H49N3O4Si/c1-7-10-26-25(12-9-11-24-21-34(33-30(24)26)22-39-17-18-40(4,5)6)27-20-29-28(19-23(27)3)32(13-15-36,14-16-37)31(38)35(29)8-2/h19-21,36-37H,7-18,22H2,1-6H3. The number of rotatable bonds is 13. The first-order valence-electron chi connectivity index (χ1n) is 15.2. The van der Waals surface area contributed by atoms with Crippen LogP contribution in [-0.4, -0.2) is 60.3 Å². The first-order chi connectivity index (χ1) is 19.1. The molecule has 2 N–H and O–H groups in total. The van der Waals surface area contributed by atoms with E-state index >= 15 is 0 Å². The maximum Gasteiger partial charge on any atom is 0.237 e. The lowest BCUT2D eigenvalue weighted by Crippen LogP contribution is -2.41. The third kappa shape index (κ3) is 6.01. The quantitative estimate of drug-likeness (QED) is 0.232. The number of aliphatic hydroxyl groups excluding tert-OH is 2. The van der Waals surface area contributed by atoms with Gasteiger partial charge >= 0.3 is 0 Å². The summed E-state index contributed by atoms with van der Waals surface area (Å²) in [4.78, 5) is 15.6. The number of amides is 1. The van der Waals surface area contributed by atoms with Crippen LogP contribution in [0.2, 0.25) is 25.7 Å². The number of fused-ring (bicyclic) bond motifs is 2. The molecule has 0 saturated carbocycles. The lowest BCUT2D eigenvalue weighted by atomic mass is 9.75. The molecule has 2 heterocycles. The highest BCUT2D eigenvalue weighted by molar-refractivity contribution is 6.76. The minimum absolute atomic E-state index is 0.0107. The molecule has 1 aliphatic heterocycles. The number of hydrogen-bond acceptors (Lipinski definition) is 5. The summed E-state index contributed by atoms with van der Waals surface area (Å²) >= 11 is 0. The van der Waals surface area contributed by atoms with Crippen molar-refractivity contribution in [3.8, 4) is 0 Å². The van der Waals surface area contributed by atoms with Crippen molar-refractivity contribution in [3.05, 3.63) is 46.3 Å². The van der Waals surface area contributed by atoms with E-state index in [-0.39, 0.29) is 19.1 Å². The minimum atomic E-state index is -1.14. The molecule has 0 spiro atoms. The van der Waals surface area contributed by atoms with E-state index < -0.39 is 13.5 Å². The summed E-state index contributed by atoms with van der Waals surface area (Å²) in [5, 5.41) is 24.9. The van der Waals surface area contributed by atoms with Gasteiger partial charge in [0.25, 0.3) is 0 Å². The largest absolute Gasteiger partial charge is 0.396 e. The van der Waals surface area contributed by atoms with Crippen molar-refractivity contribution in [3.63, 3.8) is 0 Å². The van der Waals surface area contributed by atoms with Crippen molar-refractivity contribution in [1.29, 1.82) is 0 Å². The first-order valence-corrected chi connectivity index (χ1v) is 18.9. The highest BCUT2D eigenvalue weighted by atomic mass is 28.3. The van der Waals surface area contributed by atoms with Gasteiger partial charge in [0.05, 0.1) is 11.1 Å². The molecule has 0 radical (unpaired) electrons. The number of aliphatic hydroxyl groups is 2. The SMILES string of the molecule is CCCC1=C(c2cc3c(cc2C)C(CCO)(CCO)C(=O)N3CC)CCCc2cn(COCC[Si](C)(C)C)nc21. The van der Waals surface area contributed by atoms with Crippen molar-refractivity contribution in [1.82, 2.24) is 9.78 Å². The Labute approximate surface area is 241 Å². The van der Waals surface area contributed by atoms with Crippen molar-refractivity contribution in [2.75, 3.05) is 31.3 Å². The molecule has 0 bridgehead atoms. The Kier molecular flexibility index (Phi) is 9.76. The van der Waals surface area contributed by atoms with Gasteiger partial charge in [-0.05, 0) is 97.9 Å². The van der Waals surface area contributed by atoms with E-state index in [0.29, 0.717) is 26.1 Å². The molecule has 0 saturated heterocycles. The molecule has 8 heteroatoms. The normalized spacial score (nSPS) is 16.9. The van der Waals surface area contributed by atoms with E-state index in [1.165, 1.54) is 22.3 Å². The second kappa shape index (κ2) is 12.7. The van der Waals surface area contributed by atoms with E-state index in [1.807, 2.05) is 16.5 Å². The van der Waals surface area contributed by atoms with Crippen LogP contribution >= 0.6 is 0 Å². The molecule has 1 amide bonds. The molecule has 0 unspecified atom stereocenters. The Morgan fingerprint density at radius 3 is 2.45 bits per heavy atom. The number of benzene rings is 1. The van der Waals surface area contributed by atoms with Crippen LogP contribution in [-0.2, 0) is 28.1 Å². The molecule has 4 rings (SSSR count). The van der Waals surface area contributed by atoms with Crippen molar-refractivity contribution < 1.29 is 19.7 Å². The second-order valence-electron chi connectivity index (χ2n) is 12.7. The van der Waals surface area contributed by atoms with E-state index in [2.05, 4.69) is 51.8 Å². The van der Waals surface area contributed by atoms with Crippen LogP contribution in [0.5, 0.6) is 0 Å². The van der Waals surface area contributed by atoms with Gasteiger partial charge in [-0.15, -0.1) is 0 Å². The van der Waals surface area contributed by atoms with Crippen LogP contribution < -0.4 is 4.90 Å². The van der Waals surface area contributed by atoms with Crippen LogP contribution in [0.4, 0.5) is 5.69 Å². The Balaban J connectivity index is 1.77. The fourth-order valence-corrected chi connectivity index (χ4v) is 7.24. The van der Waals surface area contributed by atoms with E-state index in [4.69, 9.17) is 9.84 Å². The van der Waals surface area contributed by atoms with Gasteiger partial charge in [-0.3, -0.25) is 4.79 Å². The number of aryl methyl sites for hydroxylation is 2. The van der Waals surface area contributed by atoms with Crippen molar-refractivity contribution in [2.24, 2.45) is 0 Å². The smallest absolute Gasteiger partial charge is 0.237 e. The Morgan fingerprint density at radius 2 is 1.82 bits per heavy atom. The lowest BCUT2D eigenvalue weighted by Gasteiger charge is -2.27. The van der Waals surface area contributed by atoms with Gasteiger partial charge in [0.1, 0.15) is 6.73 Å². The van der Waals surface area contributed by atoms with Crippen LogP contribution in [0.25, 0.3) is 11.1 Å². The van der Waals surface area contributed by atoms with E-state index in [0.717, 1.165) is 67.3 Å². The zero-order valence-electron chi connectivity index (χ0n) is 25.5. The van der Waals surface area contributed by atoms with Gasteiger partial charge in [-0.25, -0.2) is 4.68 Å². The Morgan fingerprint density at radius 1 is 1.10 bits per heavy atom. The monoisotopic (exact) mass is 567 g/mol. The summed E-state index contributed by atoms with van der Waals surface area (Å²) in [6, 6.07) is 5.50. The van der Waals surface area contributed by atoms with Gasteiger partial charge in [0.15, 0.2) is 0 Å². The third-order valence-electron chi connectivity index (χ3n) is 8.60. The van der Waals surface area contributed by atoms with Crippen LogP contribution in [0.1, 0.15) is 80.3 Å². The van der Waals surface area contributed by atoms with Gasteiger partial charge in [0, 0.05) is 46.3 Å². The number of nitrogens with zero attached hydrogens (tertiary/aromatic N) is 3. The Hall–Kier alpha value is -2.26. The lowest BCUT2D eigenvalue weighted by molar-refractivity contribution is -0.124. The number of ether oxygens (including phenoxy) is 1. The highest BCUT2D eigenvalue weighted by Gasteiger charge is 2.49. The number of carbonyl (C=O) groups is 1. The molecule has 0 atom stereocenters. The molecular formula is C32H49N3O4Si. The summed E-state index contributed by atoms with van der Waals surface area (Å²) < 4.78 is 7.99. The average molecular weight is 568 g/mol. The maximum absolute atomic E-state index is 13.7. The summed E-state index contributed by atoms with van der Waals surface area (Å²) in [6.45, 7) is 15.1. The summed E-state index contributed by atoms with van der Waals surface area (Å²) in [5.74, 6) is -0.0107. The number of aromatic nitrogens is 2. The highest BCUT2D eigenvalue weighted by Crippen LogP contribution is 2.49. The average Bonchev–Trinajstić information content (AvgIpc) is 3.33. The number of hydrogen-bond donors (Lipinski definition) is 2. The Bertz CT molecular complexity index is 1240. The number of anilines is 1. The molecule has 2 aliphatic rings. The number of allylic oxidation sites excluding steroid dienone is 2. The van der Waals surface area contributed by atoms with Crippen LogP contribution in [0, 0.1) is 6.92 Å². The summed E-state index contributed by atoms with van der Waals surface area (Å²) in [7, 11) is -1.14. The topological polar surface area (TPSA) is 87.8 Å². The molecule has 7 nitrogen and oxygen atoms in total. The second-order valence-corrected chi connectivity index (χ2v) is 18.3. The number of carbonyl (C=O) groups excluding carboxylic acids is 1. The zero-order chi connectivity index (χ0) is 29.1. The van der Waals surface area contributed by atoms with Crippen molar-refractivity contribution in [2.45, 2.75) is 104 Å². The molecule has 2 aromatic rings. The molecule has 1 aromatic heterocycles. The first kappa shape index (κ1) is 30.7.